The number of ketones is 1. The molecule has 138 valence electrons. The number of amides is 2. The number of rotatable bonds is 7. The molecule has 8 nitrogen and oxygen atoms in total. The van der Waals surface area contributed by atoms with E-state index in [1.165, 1.54) is 0 Å². The first-order valence-electron chi connectivity index (χ1n) is 8.24. The minimum Gasteiger partial charge on any atom is -0.435 e. The molecule has 0 radical (unpaired) electrons. The Morgan fingerprint density at radius 1 is 1.22 bits per heavy atom. The van der Waals surface area contributed by atoms with Crippen LogP contribution >= 0.6 is 0 Å². The van der Waals surface area contributed by atoms with E-state index in [9.17, 15) is 14.4 Å². The summed E-state index contributed by atoms with van der Waals surface area (Å²) in [5.41, 5.74) is 6.92. The summed E-state index contributed by atoms with van der Waals surface area (Å²) < 4.78 is 5.43. The molecule has 1 unspecified atom stereocenters. The molecule has 0 saturated heterocycles. The number of aryl methyl sites for hydroxylation is 1. The highest BCUT2D eigenvalue weighted by Crippen LogP contribution is 2.23. The van der Waals surface area contributed by atoms with Crippen molar-refractivity contribution in [2.75, 3.05) is 0 Å². The number of hydrogen-bond acceptors (Lipinski definition) is 5. The lowest BCUT2D eigenvalue weighted by Gasteiger charge is -2.15. The molecule has 1 aromatic carbocycles. The number of nitrogens with two attached hydrogens (primary N) is 1. The Labute approximate surface area is 154 Å². The van der Waals surface area contributed by atoms with Crippen LogP contribution in [0.4, 0.5) is 0 Å². The number of Topliss-reactive ketones (excluding diaryl/α,β-unsaturated/α-hetero) is 1. The molecule has 2 heterocycles. The molecule has 2 amide bonds. The van der Waals surface area contributed by atoms with Crippen LogP contribution in [0, 0.1) is 6.92 Å². The highest BCUT2D eigenvalue weighted by atomic mass is 16.4. The van der Waals surface area contributed by atoms with Gasteiger partial charge in [0.2, 0.25) is 11.5 Å². The fraction of sp³-hybridized carbons (Fsp3) is 0.158. The third-order valence-electron chi connectivity index (χ3n) is 3.96. The number of carbonyl (C=O) groups excluding carboxylic acids is 3. The largest absolute Gasteiger partial charge is 0.435 e. The molecule has 1 atom stereocenters. The van der Waals surface area contributed by atoms with Crippen LogP contribution in [0.5, 0.6) is 0 Å². The zero-order valence-corrected chi connectivity index (χ0v) is 14.6. The van der Waals surface area contributed by atoms with E-state index in [0.717, 1.165) is 5.56 Å². The van der Waals surface area contributed by atoms with Gasteiger partial charge in [-0.1, -0.05) is 30.3 Å². The third kappa shape index (κ3) is 4.12. The summed E-state index contributed by atoms with van der Waals surface area (Å²) in [4.78, 5) is 43.4. The van der Waals surface area contributed by atoms with Crippen LogP contribution in [0.3, 0.4) is 0 Å². The Morgan fingerprint density at radius 3 is 2.59 bits per heavy atom. The number of nitrogens with zero attached hydrogens (tertiary/aromatic N) is 1. The van der Waals surface area contributed by atoms with Crippen molar-refractivity contribution in [1.82, 2.24) is 15.3 Å². The van der Waals surface area contributed by atoms with Crippen LogP contribution in [0.25, 0.3) is 11.3 Å². The number of carbonyl (C=O) groups is 3. The number of nitrogens with one attached hydrogen (secondary N) is 2. The summed E-state index contributed by atoms with van der Waals surface area (Å²) in [5, 5.41) is 2.55. The SMILES string of the molecule is Cc1nc(-c2cc[nH]c2)c(C(=O)NC(Cc2ccccc2)C(=O)C(N)=O)o1. The number of aromatic nitrogens is 2. The van der Waals surface area contributed by atoms with E-state index in [1.54, 1.807) is 49.6 Å². The second kappa shape index (κ2) is 7.69. The summed E-state index contributed by atoms with van der Waals surface area (Å²) in [5.74, 6) is -2.38. The first-order valence-corrected chi connectivity index (χ1v) is 8.24. The van der Waals surface area contributed by atoms with Gasteiger partial charge in [-0.15, -0.1) is 0 Å². The zero-order chi connectivity index (χ0) is 19.4. The fourth-order valence-electron chi connectivity index (χ4n) is 2.70. The molecule has 0 spiro atoms. The molecule has 0 aliphatic rings. The van der Waals surface area contributed by atoms with Crippen molar-refractivity contribution in [3.63, 3.8) is 0 Å². The molecule has 0 fully saturated rings. The number of benzene rings is 1. The number of hydrogen-bond donors (Lipinski definition) is 3. The molecule has 4 N–H and O–H groups in total. The van der Waals surface area contributed by atoms with Crippen LogP contribution in [-0.2, 0) is 16.0 Å². The zero-order valence-electron chi connectivity index (χ0n) is 14.6. The Bertz CT molecular complexity index is 961. The second-order valence-electron chi connectivity index (χ2n) is 5.95. The lowest BCUT2D eigenvalue weighted by atomic mass is 10.0. The van der Waals surface area contributed by atoms with Gasteiger partial charge in [0.15, 0.2) is 5.89 Å². The van der Waals surface area contributed by atoms with Crippen molar-refractivity contribution in [3.05, 3.63) is 66.0 Å². The summed E-state index contributed by atoms with van der Waals surface area (Å²) in [6.45, 7) is 1.61. The molecule has 2 aromatic heterocycles. The predicted molar refractivity (Wildman–Crippen MR) is 96.6 cm³/mol. The van der Waals surface area contributed by atoms with Crippen LogP contribution < -0.4 is 11.1 Å². The molecule has 0 bridgehead atoms. The first-order chi connectivity index (χ1) is 13.0. The van der Waals surface area contributed by atoms with Crippen molar-refractivity contribution >= 4 is 17.6 Å². The van der Waals surface area contributed by atoms with Gasteiger partial charge in [0.25, 0.3) is 11.8 Å². The van der Waals surface area contributed by atoms with E-state index < -0.39 is 23.6 Å². The molecule has 0 aliphatic heterocycles. The number of primary amides is 1. The lowest BCUT2D eigenvalue weighted by molar-refractivity contribution is -0.137. The normalized spacial score (nSPS) is 11.7. The first kappa shape index (κ1) is 18.1. The predicted octanol–water partition coefficient (Wildman–Crippen LogP) is 1.37. The van der Waals surface area contributed by atoms with E-state index in [0.29, 0.717) is 17.1 Å². The summed E-state index contributed by atoms with van der Waals surface area (Å²) in [7, 11) is 0. The molecular formula is C19H18N4O4. The van der Waals surface area contributed by atoms with Gasteiger partial charge in [-0.05, 0) is 11.6 Å². The maximum atomic E-state index is 12.7. The van der Waals surface area contributed by atoms with E-state index in [2.05, 4.69) is 15.3 Å². The monoisotopic (exact) mass is 366 g/mol. The van der Waals surface area contributed by atoms with Crippen LogP contribution in [-0.4, -0.2) is 33.6 Å². The maximum Gasteiger partial charge on any atom is 0.290 e. The maximum absolute atomic E-state index is 12.7. The van der Waals surface area contributed by atoms with Gasteiger partial charge in [0.05, 0.1) is 0 Å². The van der Waals surface area contributed by atoms with Crippen molar-refractivity contribution in [3.8, 4) is 11.3 Å². The van der Waals surface area contributed by atoms with Crippen molar-refractivity contribution in [2.45, 2.75) is 19.4 Å². The van der Waals surface area contributed by atoms with Gasteiger partial charge in [0, 0.05) is 31.3 Å². The minimum atomic E-state index is -1.11. The fourth-order valence-corrected chi connectivity index (χ4v) is 2.70. The van der Waals surface area contributed by atoms with Crippen molar-refractivity contribution in [2.24, 2.45) is 5.73 Å². The lowest BCUT2D eigenvalue weighted by Crippen LogP contribution is -2.47. The molecule has 27 heavy (non-hydrogen) atoms. The second-order valence-corrected chi connectivity index (χ2v) is 5.95. The molecule has 0 saturated carbocycles. The van der Waals surface area contributed by atoms with Gasteiger partial charge in [-0.25, -0.2) is 4.98 Å². The van der Waals surface area contributed by atoms with Gasteiger partial charge in [-0.3, -0.25) is 14.4 Å². The third-order valence-corrected chi connectivity index (χ3v) is 3.96. The summed E-state index contributed by atoms with van der Waals surface area (Å²) >= 11 is 0. The van der Waals surface area contributed by atoms with E-state index in [-0.39, 0.29) is 12.2 Å². The average Bonchev–Trinajstić information content (AvgIpc) is 3.30. The van der Waals surface area contributed by atoms with E-state index >= 15 is 0 Å². The highest BCUT2D eigenvalue weighted by Gasteiger charge is 2.29. The van der Waals surface area contributed by atoms with E-state index in [4.69, 9.17) is 10.2 Å². The molecule has 0 aliphatic carbocycles. The smallest absolute Gasteiger partial charge is 0.290 e. The van der Waals surface area contributed by atoms with Gasteiger partial charge in [0.1, 0.15) is 11.7 Å². The number of aromatic amines is 1. The van der Waals surface area contributed by atoms with Crippen molar-refractivity contribution < 1.29 is 18.8 Å². The van der Waals surface area contributed by atoms with Crippen LogP contribution in [0.1, 0.15) is 22.0 Å². The standard InChI is InChI=1S/C19H18N4O4/c1-11-22-15(13-7-8-21-10-13)17(27-11)19(26)23-14(16(24)18(20)25)9-12-5-3-2-4-6-12/h2-8,10,14,21H,9H2,1H3,(H2,20,25)(H,23,26). The summed E-state index contributed by atoms with van der Waals surface area (Å²) in [6.07, 6.45) is 3.49. The minimum absolute atomic E-state index is 0.0394. The number of oxazole rings is 1. The Kier molecular flexibility index (Phi) is 5.16. The molecule has 8 heteroatoms. The Morgan fingerprint density at radius 2 is 1.96 bits per heavy atom. The quantitative estimate of drug-likeness (QED) is 0.544. The molecule has 3 aromatic rings. The molecule has 3 rings (SSSR count). The van der Waals surface area contributed by atoms with Gasteiger partial charge < -0.3 is 20.5 Å². The van der Waals surface area contributed by atoms with Gasteiger partial charge >= 0.3 is 0 Å². The van der Waals surface area contributed by atoms with Crippen LogP contribution in [0.15, 0.2) is 53.2 Å². The average molecular weight is 366 g/mol. The molecular weight excluding hydrogens is 348 g/mol. The highest BCUT2D eigenvalue weighted by molar-refractivity contribution is 6.38. The topological polar surface area (TPSA) is 131 Å². The number of H-pyrrole nitrogens is 1. The summed E-state index contributed by atoms with van der Waals surface area (Å²) in [6, 6.07) is 9.63. The van der Waals surface area contributed by atoms with Gasteiger partial charge in [-0.2, -0.15) is 0 Å². The van der Waals surface area contributed by atoms with Crippen LogP contribution in [0.2, 0.25) is 0 Å². The Balaban J connectivity index is 1.87. The van der Waals surface area contributed by atoms with Crippen molar-refractivity contribution in [1.29, 1.82) is 0 Å². The Hall–Kier alpha value is -3.68. The van der Waals surface area contributed by atoms with E-state index in [1.807, 2.05) is 6.07 Å².